The molecule has 0 aromatic rings. The molecule has 0 saturated heterocycles. The van der Waals surface area contributed by atoms with Crippen molar-refractivity contribution in [2.75, 3.05) is 0 Å². The molecule has 0 spiro atoms. The van der Waals surface area contributed by atoms with Gasteiger partial charge in [-0.15, -0.1) is 0 Å². The SMILES string of the molecule is O=C(O)CCCCCC(=O)CCC(=O)O.O=C(O)CCCCCCCCC(=O)O. The molecular formula is C20H34O9. The molecule has 0 bridgehead atoms. The van der Waals surface area contributed by atoms with Crippen LogP contribution in [-0.4, -0.2) is 50.1 Å². The van der Waals surface area contributed by atoms with Crippen molar-refractivity contribution in [3.8, 4) is 0 Å². The van der Waals surface area contributed by atoms with Crippen molar-refractivity contribution in [2.24, 2.45) is 0 Å². The third kappa shape index (κ3) is 30.5. The van der Waals surface area contributed by atoms with Crippen LogP contribution in [0.15, 0.2) is 0 Å². The Hall–Kier alpha value is -2.45. The summed E-state index contributed by atoms with van der Waals surface area (Å²) in [6.45, 7) is 0. The van der Waals surface area contributed by atoms with E-state index >= 15 is 0 Å². The van der Waals surface area contributed by atoms with E-state index in [1.807, 2.05) is 0 Å². The monoisotopic (exact) mass is 418 g/mol. The van der Waals surface area contributed by atoms with Gasteiger partial charge in [-0.05, 0) is 25.7 Å². The maximum absolute atomic E-state index is 11.1. The molecule has 9 nitrogen and oxygen atoms in total. The number of aliphatic carboxylic acids is 4. The van der Waals surface area contributed by atoms with E-state index in [1.54, 1.807) is 0 Å². The molecule has 0 aromatic carbocycles. The smallest absolute Gasteiger partial charge is 0.303 e. The van der Waals surface area contributed by atoms with Gasteiger partial charge in [0, 0.05) is 32.1 Å². The standard InChI is InChI=1S/C10H16O5.C10H18O4/c11-8(6-7-10(14)15)4-2-1-3-5-9(12)13;11-9(12)7-5-3-1-2-4-6-8-10(13)14/h1-7H2,(H,12,13)(H,14,15);1-8H2,(H,11,12)(H,13,14). The fraction of sp³-hybridized carbons (Fsp3) is 0.750. The highest BCUT2D eigenvalue weighted by Gasteiger charge is 2.05. The summed E-state index contributed by atoms with van der Waals surface area (Å²) in [5.74, 6) is -3.33. The summed E-state index contributed by atoms with van der Waals surface area (Å²) in [5.41, 5.74) is 0. The number of Topliss-reactive ketones (excluding diaryl/α,β-unsaturated/α-hetero) is 1. The Morgan fingerprint density at radius 3 is 0.966 bits per heavy atom. The van der Waals surface area contributed by atoms with Crippen molar-refractivity contribution in [3.05, 3.63) is 0 Å². The summed E-state index contributed by atoms with van der Waals surface area (Å²) in [5, 5.41) is 33.4. The largest absolute Gasteiger partial charge is 0.481 e. The molecule has 0 fully saturated rings. The Bertz CT molecular complexity index is 480. The zero-order valence-corrected chi connectivity index (χ0v) is 16.9. The van der Waals surface area contributed by atoms with E-state index in [0.29, 0.717) is 25.7 Å². The van der Waals surface area contributed by atoms with E-state index in [-0.39, 0.29) is 37.9 Å². The van der Waals surface area contributed by atoms with Gasteiger partial charge < -0.3 is 20.4 Å². The minimum atomic E-state index is -0.964. The molecule has 4 N–H and O–H groups in total. The first-order valence-electron chi connectivity index (χ1n) is 10.0. The minimum Gasteiger partial charge on any atom is -0.481 e. The number of carbonyl (C=O) groups is 5. The highest BCUT2D eigenvalue weighted by atomic mass is 16.4. The number of unbranched alkanes of at least 4 members (excludes halogenated alkanes) is 7. The molecule has 29 heavy (non-hydrogen) atoms. The van der Waals surface area contributed by atoms with Crippen LogP contribution >= 0.6 is 0 Å². The molecule has 9 heteroatoms. The molecule has 168 valence electrons. The second kappa shape index (κ2) is 20.3. The zero-order valence-electron chi connectivity index (χ0n) is 16.9. The third-order valence-electron chi connectivity index (χ3n) is 4.00. The molecule has 0 aliphatic carbocycles. The lowest BCUT2D eigenvalue weighted by Crippen LogP contribution is -2.03. The summed E-state index contributed by atoms with van der Waals surface area (Å²) < 4.78 is 0. The Kier molecular flexibility index (Phi) is 20.1. The summed E-state index contributed by atoms with van der Waals surface area (Å²) >= 11 is 0. The molecule has 0 amide bonds. The molecule has 0 saturated carbocycles. The van der Waals surface area contributed by atoms with Crippen molar-refractivity contribution in [1.29, 1.82) is 0 Å². The molecule has 0 aliphatic heterocycles. The topological polar surface area (TPSA) is 166 Å². The van der Waals surface area contributed by atoms with Gasteiger partial charge in [0.15, 0.2) is 0 Å². The number of ketones is 1. The number of rotatable bonds is 18. The van der Waals surface area contributed by atoms with Crippen molar-refractivity contribution in [3.63, 3.8) is 0 Å². The van der Waals surface area contributed by atoms with E-state index in [2.05, 4.69) is 0 Å². The quantitative estimate of drug-likeness (QED) is 0.242. The van der Waals surface area contributed by atoms with Crippen molar-refractivity contribution in [2.45, 2.75) is 96.3 Å². The lowest BCUT2D eigenvalue weighted by atomic mass is 10.1. The van der Waals surface area contributed by atoms with Gasteiger partial charge in [0.1, 0.15) is 5.78 Å². The molecule has 0 atom stereocenters. The van der Waals surface area contributed by atoms with E-state index < -0.39 is 23.9 Å². The third-order valence-corrected chi connectivity index (χ3v) is 4.00. The van der Waals surface area contributed by atoms with Gasteiger partial charge in [0.25, 0.3) is 0 Å². The van der Waals surface area contributed by atoms with Crippen LogP contribution in [0, 0.1) is 0 Å². The fourth-order valence-electron chi connectivity index (χ4n) is 2.41. The van der Waals surface area contributed by atoms with Gasteiger partial charge in [-0.3, -0.25) is 24.0 Å². The summed E-state index contributed by atoms with van der Waals surface area (Å²) in [6.07, 6.45) is 8.18. The lowest BCUT2D eigenvalue weighted by Gasteiger charge is -1.98. The lowest BCUT2D eigenvalue weighted by molar-refractivity contribution is -0.139. The summed E-state index contributed by atoms with van der Waals surface area (Å²) in [4.78, 5) is 51.6. The predicted molar refractivity (Wildman–Crippen MR) is 105 cm³/mol. The number of carboxylic acid groups (broad SMARTS) is 4. The molecular weight excluding hydrogens is 384 g/mol. The number of hydrogen-bond donors (Lipinski definition) is 4. The van der Waals surface area contributed by atoms with Crippen LogP contribution in [0.3, 0.4) is 0 Å². The van der Waals surface area contributed by atoms with Crippen LogP contribution in [-0.2, 0) is 24.0 Å². The fourth-order valence-corrected chi connectivity index (χ4v) is 2.41. The van der Waals surface area contributed by atoms with Gasteiger partial charge in [-0.1, -0.05) is 32.1 Å². The molecule has 0 unspecified atom stereocenters. The van der Waals surface area contributed by atoms with Crippen LogP contribution in [0.4, 0.5) is 0 Å². The van der Waals surface area contributed by atoms with Gasteiger partial charge in [0.2, 0.25) is 0 Å². The Labute approximate surface area is 171 Å². The normalized spacial score (nSPS) is 9.93. The molecule has 0 radical (unpaired) electrons. The molecule has 0 aliphatic rings. The number of hydrogen-bond acceptors (Lipinski definition) is 5. The van der Waals surface area contributed by atoms with Crippen LogP contribution in [0.2, 0.25) is 0 Å². The number of carboxylic acids is 4. The second-order valence-electron chi connectivity index (χ2n) is 6.80. The number of carbonyl (C=O) groups excluding carboxylic acids is 1. The first-order chi connectivity index (χ1) is 13.6. The van der Waals surface area contributed by atoms with Gasteiger partial charge in [-0.25, -0.2) is 0 Å². The molecule has 0 rings (SSSR count). The van der Waals surface area contributed by atoms with Crippen LogP contribution in [0.25, 0.3) is 0 Å². The average Bonchev–Trinajstić information content (AvgIpc) is 2.61. The first kappa shape index (κ1) is 28.8. The average molecular weight is 418 g/mol. The first-order valence-corrected chi connectivity index (χ1v) is 10.0. The Morgan fingerprint density at radius 2 is 0.621 bits per heavy atom. The van der Waals surface area contributed by atoms with Crippen molar-refractivity contribution in [1.82, 2.24) is 0 Å². The van der Waals surface area contributed by atoms with Crippen LogP contribution in [0.1, 0.15) is 96.3 Å². The summed E-state index contributed by atoms with van der Waals surface area (Å²) in [6, 6.07) is 0. The van der Waals surface area contributed by atoms with Crippen molar-refractivity contribution < 1.29 is 44.4 Å². The summed E-state index contributed by atoms with van der Waals surface area (Å²) in [7, 11) is 0. The van der Waals surface area contributed by atoms with Gasteiger partial charge in [-0.2, -0.15) is 0 Å². The van der Waals surface area contributed by atoms with Gasteiger partial charge >= 0.3 is 23.9 Å². The van der Waals surface area contributed by atoms with E-state index in [9.17, 15) is 24.0 Å². The molecule has 0 aromatic heterocycles. The molecule has 0 heterocycles. The minimum absolute atomic E-state index is 0.0623. The Morgan fingerprint density at radius 1 is 0.345 bits per heavy atom. The van der Waals surface area contributed by atoms with Crippen molar-refractivity contribution >= 4 is 29.7 Å². The van der Waals surface area contributed by atoms with E-state index in [4.69, 9.17) is 20.4 Å². The zero-order chi connectivity index (χ0) is 22.5. The maximum Gasteiger partial charge on any atom is 0.303 e. The Balaban J connectivity index is 0. The highest BCUT2D eigenvalue weighted by Crippen LogP contribution is 2.08. The predicted octanol–water partition coefficient (Wildman–Crippen LogP) is 3.73. The van der Waals surface area contributed by atoms with Gasteiger partial charge in [0.05, 0.1) is 6.42 Å². The van der Waals surface area contributed by atoms with Crippen LogP contribution in [0.5, 0.6) is 0 Å². The van der Waals surface area contributed by atoms with E-state index in [0.717, 1.165) is 38.5 Å². The maximum atomic E-state index is 11.1. The highest BCUT2D eigenvalue weighted by molar-refractivity contribution is 5.82. The van der Waals surface area contributed by atoms with Crippen LogP contribution < -0.4 is 0 Å². The van der Waals surface area contributed by atoms with E-state index in [1.165, 1.54) is 0 Å². The second-order valence-corrected chi connectivity index (χ2v) is 6.80.